The Labute approximate surface area is 212 Å². The van der Waals surface area contributed by atoms with E-state index < -0.39 is 0 Å². The maximum absolute atomic E-state index is 13.0. The molecule has 0 N–H and O–H groups in total. The molecule has 0 spiro atoms. The van der Waals surface area contributed by atoms with Gasteiger partial charge in [-0.1, -0.05) is 36.5 Å². The summed E-state index contributed by atoms with van der Waals surface area (Å²) in [5.74, 6) is 1.51. The molecular weight excluding hydrogens is 468 g/mol. The van der Waals surface area contributed by atoms with E-state index in [4.69, 9.17) is 21.7 Å². The van der Waals surface area contributed by atoms with Crippen LogP contribution in [0, 0.1) is 0 Å². The Morgan fingerprint density at radius 2 is 1.85 bits per heavy atom. The number of likely N-dealkylation sites (tertiary alicyclic amines) is 1. The Bertz CT molecular complexity index is 937. The fourth-order valence-corrected chi connectivity index (χ4v) is 6.08. The van der Waals surface area contributed by atoms with Gasteiger partial charge in [0, 0.05) is 26.1 Å². The summed E-state index contributed by atoms with van der Waals surface area (Å²) in [4.78, 5) is 29.5. The van der Waals surface area contributed by atoms with E-state index in [1.807, 2.05) is 29.2 Å². The van der Waals surface area contributed by atoms with E-state index in [2.05, 4.69) is 0 Å². The highest BCUT2D eigenvalue weighted by Crippen LogP contribution is 2.36. The molecule has 0 aromatic heterocycles. The van der Waals surface area contributed by atoms with Gasteiger partial charge < -0.3 is 14.4 Å². The van der Waals surface area contributed by atoms with E-state index in [1.54, 1.807) is 12.0 Å². The Morgan fingerprint density at radius 3 is 2.59 bits per heavy atom. The molecule has 0 atom stereocenters. The highest BCUT2D eigenvalue weighted by Gasteiger charge is 2.32. The van der Waals surface area contributed by atoms with Crippen molar-refractivity contribution in [1.82, 2.24) is 9.80 Å². The van der Waals surface area contributed by atoms with Gasteiger partial charge in [0.1, 0.15) is 4.32 Å². The number of ether oxygens (including phenoxy) is 2. The molecule has 1 aliphatic carbocycles. The monoisotopic (exact) mass is 502 g/mol. The predicted molar refractivity (Wildman–Crippen MR) is 140 cm³/mol. The van der Waals surface area contributed by atoms with E-state index in [1.165, 1.54) is 37.4 Å². The van der Waals surface area contributed by atoms with Gasteiger partial charge in [0.25, 0.3) is 5.91 Å². The minimum absolute atomic E-state index is 0.0954. The molecule has 2 saturated heterocycles. The summed E-state index contributed by atoms with van der Waals surface area (Å²) >= 11 is 6.77. The van der Waals surface area contributed by atoms with E-state index in [0.29, 0.717) is 34.4 Å². The zero-order chi connectivity index (χ0) is 23.9. The number of thiocarbonyl (C=S) groups is 1. The van der Waals surface area contributed by atoms with Crippen molar-refractivity contribution in [2.45, 2.75) is 70.3 Å². The normalized spacial score (nSPS) is 20.8. The van der Waals surface area contributed by atoms with Crippen LogP contribution in [0.2, 0.25) is 0 Å². The average Bonchev–Trinajstić information content (AvgIpc) is 3.13. The highest BCUT2D eigenvalue weighted by atomic mass is 32.2. The molecule has 8 heteroatoms. The lowest BCUT2D eigenvalue weighted by Gasteiger charge is -2.27. The maximum Gasteiger partial charge on any atom is 0.266 e. The number of amides is 2. The molecule has 1 aromatic rings. The number of hydrogen-bond donors (Lipinski definition) is 0. The number of rotatable bonds is 8. The zero-order valence-electron chi connectivity index (χ0n) is 19.9. The van der Waals surface area contributed by atoms with Crippen LogP contribution in [0.4, 0.5) is 0 Å². The minimum atomic E-state index is -0.0954. The Hall–Kier alpha value is -2.06. The van der Waals surface area contributed by atoms with Gasteiger partial charge in [-0.15, -0.1) is 0 Å². The Morgan fingerprint density at radius 1 is 1.12 bits per heavy atom. The third-order valence-electron chi connectivity index (χ3n) is 6.69. The lowest BCUT2D eigenvalue weighted by Crippen LogP contribution is -2.36. The fourth-order valence-electron chi connectivity index (χ4n) is 4.77. The van der Waals surface area contributed by atoms with E-state index in [0.717, 1.165) is 50.1 Å². The number of thioether (sulfide) groups is 1. The summed E-state index contributed by atoms with van der Waals surface area (Å²) in [6, 6.07) is 5.78. The van der Waals surface area contributed by atoms with Crippen molar-refractivity contribution >= 4 is 46.2 Å². The zero-order valence-corrected chi connectivity index (χ0v) is 21.6. The SMILES string of the molecule is COc1cc(/C=C2\SC(=S)N(CCCC(=O)N3CCCCC3)C2=O)ccc1OC1CCCCC1. The van der Waals surface area contributed by atoms with Crippen LogP contribution in [0.15, 0.2) is 23.1 Å². The van der Waals surface area contributed by atoms with Gasteiger partial charge in [0.15, 0.2) is 11.5 Å². The molecule has 1 saturated carbocycles. The molecule has 0 bridgehead atoms. The minimum Gasteiger partial charge on any atom is -0.493 e. The molecule has 6 nitrogen and oxygen atoms in total. The van der Waals surface area contributed by atoms with Crippen LogP contribution in [0.1, 0.15) is 69.8 Å². The second-order valence-electron chi connectivity index (χ2n) is 9.17. The number of carbonyl (C=O) groups excluding carboxylic acids is 2. The Kier molecular flexibility index (Phi) is 8.89. The van der Waals surface area contributed by atoms with Crippen molar-refractivity contribution in [3.63, 3.8) is 0 Å². The fraction of sp³-hybridized carbons (Fsp3) is 0.577. The molecule has 2 heterocycles. The third kappa shape index (κ3) is 6.33. The van der Waals surface area contributed by atoms with Gasteiger partial charge >= 0.3 is 0 Å². The molecule has 0 radical (unpaired) electrons. The first kappa shape index (κ1) is 25.0. The summed E-state index contributed by atoms with van der Waals surface area (Å²) in [6.07, 6.45) is 12.4. The molecule has 3 aliphatic rings. The van der Waals surface area contributed by atoms with Crippen LogP contribution in [-0.2, 0) is 9.59 Å². The lowest BCUT2D eigenvalue weighted by molar-refractivity contribution is -0.132. The van der Waals surface area contributed by atoms with Gasteiger partial charge in [-0.25, -0.2) is 0 Å². The van der Waals surface area contributed by atoms with Crippen molar-refractivity contribution in [1.29, 1.82) is 0 Å². The first-order valence-electron chi connectivity index (χ1n) is 12.4. The van der Waals surface area contributed by atoms with Gasteiger partial charge in [-0.2, -0.15) is 0 Å². The molecule has 34 heavy (non-hydrogen) atoms. The van der Waals surface area contributed by atoms with Crippen LogP contribution in [0.3, 0.4) is 0 Å². The average molecular weight is 503 g/mol. The number of carbonyl (C=O) groups is 2. The second-order valence-corrected chi connectivity index (χ2v) is 10.8. The number of nitrogens with zero attached hydrogens (tertiary/aromatic N) is 2. The van der Waals surface area contributed by atoms with Gasteiger partial charge in [0.2, 0.25) is 5.91 Å². The first-order valence-corrected chi connectivity index (χ1v) is 13.7. The molecule has 2 aliphatic heterocycles. The third-order valence-corrected chi connectivity index (χ3v) is 8.06. The van der Waals surface area contributed by atoms with Crippen LogP contribution < -0.4 is 9.47 Å². The molecule has 0 unspecified atom stereocenters. The van der Waals surface area contributed by atoms with Crippen LogP contribution in [0.5, 0.6) is 11.5 Å². The van der Waals surface area contributed by atoms with Crippen molar-refractivity contribution in [3.8, 4) is 11.5 Å². The second kappa shape index (κ2) is 12.1. The number of piperidine rings is 1. The Balaban J connectivity index is 1.34. The summed E-state index contributed by atoms with van der Waals surface area (Å²) in [6.45, 7) is 2.19. The molecule has 4 rings (SSSR count). The van der Waals surface area contributed by atoms with E-state index in [9.17, 15) is 9.59 Å². The van der Waals surface area contributed by atoms with Crippen LogP contribution >= 0.6 is 24.0 Å². The quantitative estimate of drug-likeness (QED) is 0.350. The van der Waals surface area contributed by atoms with Crippen molar-refractivity contribution in [2.75, 3.05) is 26.7 Å². The standard InChI is InChI=1S/C26H34N2O4S2/c1-31-22-17-19(12-13-21(22)32-20-9-4-2-5-10-20)18-23-25(30)28(26(33)34-23)16-8-11-24(29)27-14-6-3-7-15-27/h12-13,17-18,20H,2-11,14-16H2,1H3/b23-18-. The molecule has 3 fully saturated rings. The topological polar surface area (TPSA) is 59.1 Å². The van der Waals surface area contributed by atoms with Gasteiger partial charge in [0.05, 0.1) is 18.1 Å². The summed E-state index contributed by atoms with van der Waals surface area (Å²) < 4.78 is 12.3. The smallest absolute Gasteiger partial charge is 0.266 e. The number of benzene rings is 1. The largest absolute Gasteiger partial charge is 0.493 e. The van der Waals surface area contributed by atoms with Crippen molar-refractivity contribution in [2.24, 2.45) is 0 Å². The predicted octanol–water partition coefficient (Wildman–Crippen LogP) is 5.40. The van der Waals surface area contributed by atoms with E-state index in [-0.39, 0.29) is 17.9 Å². The van der Waals surface area contributed by atoms with Crippen molar-refractivity contribution in [3.05, 3.63) is 28.7 Å². The summed E-state index contributed by atoms with van der Waals surface area (Å²) in [5.41, 5.74) is 0.869. The summed E-state index contributed by atoms with van der Waals surface area (Å²) in [5, 5.41) is 0. The highest BCUT2D eigenvalue weighted by molar-refractivity contribution is 8.26. The molecule has 2 amide bonds. The number of hydrogen-bond acceptors (Lipinski definition) is 6. The maximum atomic E-state index is 13.0. The first-order chi connectivity index (χ1) is 16.5. The van der Waals surface area contributed by atoms with Crippen LogP contribution in [0.25, 0.3) is 6.08 Å². The molecule has 184 valence electrons. The van der Waals surface area contributed by atoms with E-state index >= 15 is 0 Å². The number of methoxy groups -OCH3 is 1. The van der Waals surface area contributed by atoms with Gasteiger partial charge in [-0.3, -0.25) is 14.5 Å². The molecule has 1 aromatic carbocycles. The van der Waals surface area contributed by atoms with Crippen LogP contribution in [-0.4, -0.2) is 58.8 Å². The molecular formula is C26H34N2O4S2. The van der Waals surface area contributed by atoms with Gasteiger partial charge in [-0.05, 0) is 75.1 Å². The lowest BCUT2D eigenvalue weighted by atomic mass is 9.98. The summed E-state index contributed by atoms with van der Waals surface area (Å²) in [7, 11) is 1.64. The van der Waals surface area contributed by atoms with Crippen molar-refractivity contribution < 1.29 is 19.1 Å².